The number of hydrogen-bond donors (Lipinski definition) is 0. The van der Waals surface area contributed by atoms with Crippen LogP contribution >= 0.6 is 11.3 Å². The van der Waals surface area contributed by atoms with Gasteiger partial charge in [-0.15, -0.1) is 11.3 Å². The molecule has 110 valence electrons. The Morgan fingerprint density at radius 2 is 2.18 bits per heavy atom. The summed E-state index contributed by atoms with van der Waals surface area (Å²) >= 11 is 1.37. The second kappa shape index (κ2) is 4.78. The van der Waals surface area contributed by atoms with E-state index in [1.165, 1.54) is 21.9 Å². The molecule has 3 aromatic rings. The van der Waals surface area contributed by atoms with Crippen molar-refractivity contribution in [2.45, 2.75) is 19.4 Å². The monoisotopic (exact) mass is 311 g/mol. The molecule has 1 amide bonds. The highest BCUT2D eigenvalue weighted by molar-refractivity contribution is 7.15. The third-order valence-corrected chi connectivity index (χ3v) is 4.77. The predicted octanol–water partition coefficient (Wildman–Crippen LogP) is 2.35. The van der Waals surface area contributed by atoms with Crippen LogP contribution in [0.3, 0.4) is 0 Å². The molecule has 22 heavy (non-hydrogen) atoms. The van der Waals surface area contributed by atoms with Crippen molar-refractivity contribution in [3.05, 3.63) is 63.5 Å². The molecule has 3 heterocycles. The summed E-state index contributed by atoms with van der Waals surface area (Å²) in [6, 6.07) is 7.85. The molecule has 0 saturated carbocycles. The van der Waals surface area contributed by atoms with Crippen molar-refractivity contribution in [2.24, 2.45) is 0 Å². The molecule has 5 nitrogen and oxygen atoms in total. The minimum absolute atomic E-state index is 0.0347. The Balaban J connectivity index is 1.84. The topological polar surface area (TPSA) is 54.7 Å². The SMILES string of the molecule is C[C@H]1Cc2ccccc2N1C(=O)c1cnc2sccn2c1=O. The number of amides is 1. The zero-order valence-corrected chi connectivity index (χ0v) is 12.7. The van der Waals surface area contributed by atoms with Crippen LogP contribution in [0, 0.1) is 0 Å². The van der Waals surface area contributed by atoms with Crippen molar-refractivity contribution in [3.63, 3.8) is 0 Å². The molecule has 1 atom stereocenters. The van der Waals surface area contributed by atoms with Gasteiger partial charge in [-0.25, -0.2) is 4.98 Å². The number of fused-ring (bicyclic) bond motifs is 2. The fourth-order valence-corrected chi connectivity index (χ4v) is 3.65. The fourth-order valence-electron chi connectivity index (χ4n) is 2.98. The van der Waals surface area contributed by atoms with Gasteiger partial charge >= 0.3 is 0 Å². The van der Waals surface area contributed by atoms with E-state index < -0.39 is 0 Å². The summed E-state index contributed by atoms with van der Waals surface area (Å²) in [5, 5.41) is 1.78. The standard InChI is InChI=1S/C16H13N3O2S/c1-10-8-11-4-2-3-5-13(11)19(10)15(21)12-9-17-16-18(14(12)20)6-7-22-16/h2-7,9-10H,8H2,1H3/t10-/m0/s1. The van der Waals surface area contributed by atoms with Gasteiger partial charge in [0, 0.05) is 29.5 Å². The Bertz CT molecular complexity index is 944. The van der Waals surface area contributed by atoms with Crippen LogP contribution in [-0.4, -0.2) is 21.3 Å². The third-order valence-electron chi connectivity index (χ3n) is 4.00. The number of hydrogen-bond acceptors (Lipinski definition) is 4. The molecule has 4 rings (SSSR count). The molecule has 0 N–H and O–H groups in total. The summed E-state index contributed by atoms with van der Waals surface area (Å²) in [5.74, 6) is -0.282. The van der Waals surface area contributed by atoms with Gasteiger partial charge in [0.05, 0.1) is 0 Å². The summed E-state index contributed by atoms with van der Waals surface area (Å²) in [5.41, 5.74) is 1.81. The first kappa shape index (κ1) is 13.2. The van der Waals surface area contributed by atoms with Gasteiger partial charge in [0.15, 0.2) is 4.96 Å². The number of para-hydroxylation sites is 1. The van der Waals surface area contributed by atoms with Crippen molar-refractivity contribution in [1.29, 1.82) is 0 Å². The summed E-state index contributed by atoms with van der Waals surface area (Å²) < 4.78 is 1.42. The Kier molecular flexibility index (Phi) is 2.87. The quantitative estimate of drug-likeness (QED) is 0.693. The summed E-state index contributed by atoms with van der Waals surface area (Å²) in [4.78, 5) is 31.9. The maximum atomic E-state index is 12.9. The Labute approximate surface area is 130 Å². The summed E-state index contributed by atoms with van der Waals surface area (Å²) in [6.45, 7) is 1.99. The van der Waals surface area contributed by atoms with Crippen LogP contribution in [0.1, 0.15) is 22.8 Å². The molecule has 1 aromatic carbocycles. The lowest BCUT2D eigenvalue weighted by Crippen LogP contribution is -2.39. The smallest absolute Gasteiger partial charge is 0.271 e. The number of rotatable bonds is 1. The third kappa shape index (κ3) is 1.80. The molecular weight excluding hydrogens is 298 g/mol. The minimum atomic E-state index is -0.312. The van der Waals surface area contributed by atoms with Gasteiger partial charge in [0.1, 0.15) is 5.56 Å². The Morgan fingerprint density at radius 3 is 3.05 bits per heavy atom. The van der Waals surface area contributed by atoms with Crippen molar-refractivity contribution in [3.8, 4) is 0 Å². The van der Waals surface area contributed by atoms with E-state index in [0.29, 0.717) is 4.96 Å². The average Bonchev–Trinajstić information content (AvgIpc) is 3.10. The highest BCUT2D eigenvalue weighted by Gasteiger charge is 2.32. The van der Waals surface area contributed by atoms with Crippen LogP contribution in [0.25, 0.3) is 4.96 Å². The van der Waals surface area contributed by atoms with Gasteiger partial charge < -0.3 is 4.90 Å². The van der Waals surface area contributed by atoms with Crippen LogP contribution in [-0.2, 0) is 6.42 Å². The lowest BCUT2D eigenvalue weighted by Gasteiger charge is -2.22. The lowest BCUT2D eigenvalue weighted by molar-refractivity contribution is 0.0979. The maximum Gasteiger partial charge on any atom is 0.271 e. The van der Waals surface area contributed by atoms with E-state index in [-0.39, 0.29) is 23.1 Å². The maximum absolute atomic E-state index is 12.9. The normalized spacial score (nSPS) is 17.0. The first-order chi connectivity index (χ1) is 10.7. The van der Waals surface area contributed by atoms with Gasteiger partial charge in [0.2, 0.25) is 0 Å². The van der Waals surface area contributed by atoms with Crippen molar-refractivity contribution >= 4 is 27.9 Å². The molecule has 0 radical (unpaired) electrons. The van der Waals surface area contributed by atoms with Crippen molar-refractivity contribution < 1.29 is 4.79 Å². The molecule has 6 heteroatoms. The van der Waals surface area contributed by atoms with Crippen LogP contribution in [0.15, 0.2) is 46.8 Å². The number of aromatic nitrogens is 2. The van der Waals surface area contributed by atoms with Crippen molar-refractivity contribution in [2.75, 3.05) is 4.90 Å². The van der Waals surface area contributed by atoms with E-state index in [9.17, 15) is 9.59 Å². The lowest BCUT2D eigenvalue weighted by atomic mass is 10.1. The second-order valence-corrected chi connectivity index (χ2v) is 6.26. The molecule has 2 aromatic heterocycles. The largest absolute Gasteiger partial charge is 0.305 e. The van der Waals surface area contributed by atoms with Crippen LogP contribution in [0.5, 0.6) is 0 Å². The van der Waals surface area contributed by atoms with E-state index in [4.69, 9.17) is 0 Å². The van der Waals surface area contributed by atoms with E-state index in [1.807, 2.05) is 31.2 Å². The van der Waals surface area contributed by atoms with E-state index in [2.05, 4.69) is 4.98 Å². The van der Waals surface area contributed by atoms with Crippen LogP contribution in [0.2, 0.25) is 0 Å². The first-order valence-electron chi connectivity index (χ1n) is 7.03. The van der Waals surface area contributed by atoms with Gasteiger partial charge in [-0.3, -0.25) is 14.0 Å². The van der Waals surface area contributed by atoms with Crippen LogP contribution < -0.4 is 10.5 Å². The van der Waals surface area contributed by atoms with Gasteiger partial charge in [-0.05, 0) is 25.0 Å². The van der Waals surface area contributed by atoms with Crippen molar-refractivity contribution in [1.82, 2.24) is 9.38 Å². The first-order valence-corrected chi connectivity index (χ1v) is 7.91. The zero-order chi connectivity index (χ0) is 15.3. The van der Waals surface area contributed by atoms with E-state index in [1.54, 1.807) is 16.5 Å². The number of anilines is 1. The molecular formula is C16H13N3O2S. The summed E-state index contributed by atoms with van der Waals surface area (Å²) in [6.07, 6.45) is 3.84. The molecule has 0 bridgehead atoms. The molecule has 0 fully saturated rings. The van der Waals surface area contributed by atoms with Crippen LogP contribution in [0.4, 0.5) is 5.69 Å². The molecule has 0 saturated heterocycles. The van der Waals surface area contributed by atoms with Gasteiger partial charge in [-0.1, -0.05) is 18.2 Å². The second-order valence-electron chi connectivity index (χ2n) is 5.39. The minimum Gasteiger partial charge on any atom is -0.305 e. The Morgan fingerprint density at radius 1 is 1.36 bits per heavy atom. The van der Waals surface area contributed by atoms with E-state index >= 15 is 0 Å². The number of benzene rings is 1. The van der Waals surface area contributed by atoms with E-state index in [0.717, 1.165) is 17.7 Å². The number of carbonyl (C=O) groups excluding carboxylic acids is 1. The molecule has 0 aliphatic carbocycles. The van der Waals surface area contributed by atoms with Gasteiger partial charge in [-0.2, -0.15) is 0 Å². The molecule has 1 aliphatic heterocycles. The average molecular weight is 311 g/mol. The van der Waals surface area contributed by atoms with Gasteiger partial charge in [0.25, 0.3) is 11.5 Å². The predicted molar refractivity (Wildman–Crippen MR) is 85.8 cm³/mol. The molecule has 0 unspecified atom stereocenters. The number of nitrogens with zero attached hydrogens (tertiary/aromatic N) is 3. The Hall–Kier alpha value is -2.47. The number of carbonyl (C=O) groups is 1. The molecule has 0 spiro atoms. The zero-order valence-electron chi connectivity index (χ0n) is 11.9. The highest BCUT2D eigenvalue weighted by atomic mass is 32.1. The fraction of sp³-hybridized carbons (Fsp3) is 0.188. The number of thiazole rings is 1. The summed E-state index contributed by atoms with van der Waals surface area (Å²) in [7, 11) is 0. The molecule has 1 aliphatic rings. The highest BCUT2D eigenvalue weighted by Crippen LogP contribution is 2.32.